The number of hydrogen-bond donors (Lipinski definition) is 1. The van der Waals surface area contributed by atoms with Crippen molar-refractivity contribution in [2.75, 3.05) is 30.3 Å². The van der Waals surface area contributed by atoms with Crippen LogP contribution in [0, 0.1) is 0 Å². The molecule has 2 rings (SSSR count). The highest BCUT2D eigenvalue weighted by Crippen LogP contribution is 2.22. The van der Waals surface area contributed by atoms with Gasteiger partial charge in [-0.25, -0.2) is 8.42 Å². The second-order valence-electron chi connectivity index (χ2n) is 7.76. The molecular formula is C21H34N2O5S. The molecule has 1 fully saturated rings. The van der Waals surface area contributed by atoms with Gasteiger partial charge < -0.3 is 14.8 Å². The first-order chi connectivity index (χ1) is 13.8. The van der Waals surface area contributed by atoms with Gasteiger partial charge >= 0.3 is 0 Å². The first-order valence-corrected chi connectivity index (χ1v) is 12.2. The minimum absolute atomic E-state index is 0.0275. The van der Waals surface area contributed by atoms with Gasteiger partial charge in [-0.05, 0) is 57.4 Å². The summed E-state index contributed by atoms with van der Waals surface area (Å²) >= 11 is 0. The number of ether oxygens (including phenoxy) is 2. The Hall–Kier alpha value is -1.80. The summed E-state index contributed by atoms with van der Waals surface area (Å²) in [6.45, 7) is 4.65. The average molecular weight is 427 g/mol. The van der Waals surface area contributed by atoms with Crippen LogP contribution in [0.5, 0.6) is 5.75 Å². The molecule has 0 bridgehead atoms. The van der Waals surface area contributed by atoms with Crippen LogP contribution >= 0.6 is 0 Å². The fourth-order valence-electron chi connectivity index (χ4n) is 3.33. The molecule has 29 heavy (non-hydrogen) atoms. The third-order valence-electron chi connectivity index (χ3n) is 4.73. The van der Waals surface area contributed by atoms with Gasteiger partial charge in [0, 0.05) is 13.2 Å². The van der Waals surface area contributed by atoms with E-state index < -0.39 is 10.0 Å². The number of amides is 1. The summed E-state index contributed by atoms with van der Waals surface area (Å²) < 4.78 is 36.9. The van der Waals surface area contributed by atoms with Gasteiger partial charge in [0.2, 0.25) is 15.9 Å². The quantitative estimate of drug-likeness (QED) is 0.550. The molecule has 0 aliphatic heterocycles. The Bertz CT molecular complexity index is 728. The van der Waals surface area contributed by atoms with Crippen LogP contribution in [-0.4, -0.2) is 52.5 Å². The summed E-state index contributed by atoms with van der Waals surface area (Å²) in [4.78, 5) is 12.3. The smallest absolute Gasteiger partial charge is 0.240 e. The number of nitrogens with zero attached hydrogens (tertiary/aromatic N) is 1. The van der Waals surface area contributed by atoms with Gasteiger partial charge in [0.15, 0.2) is 0 Å². The van der Waals surface area contributed by atoms with Crippen LogP contribution in [0.4, 0.5) is 5.69 Å². The molecule has 1 N–H and O–H groups in total. The Kier molecular flexibility index (Phi) is 9.23. The lowest BCUT2D eigenvalue weighted by atomic mass is 9.98. The van der Waals surface area contributed by atoms with Gasteiger partial charge in [-0.3, -0.25) is 9.10 Å². The standard InChI is InChI=1S/C21H34N2O5S/c1-17(2)28-20-12-10-18(11-13-20)23(29(3,25)26)16-21(24)22-14-7-15-27-19-8-5-4-6-9-19/h10-13,17,19H,4-9,14-16H2,1-3H3,(H,22,24). The molecule has 0 saturated heterocycles. The maximum absolute atomic E-state index is 12.3. The number of carbonyl (C=O) groups is 1. The van der Waals surface area contributed by atoms with E-state index in [0.717, 1.165) is 23.4 Å². The third kappa shape index (κ3) is 8.62. The summed E-state index contributed by atoms with van der Waals surface area (Å²) in [6.07, 6.45) is 8.18. The Morgan fingerprint density at radius 1 is 1.17 bits per heavy atom. The van der Waals surface area contributed by atoms with Crippen LogP contribution in [0.3, 0.4) is 0 Å². The molecule has 1 amide bonds. The predicted molar refractivity (Wildman–Crippen MR) is 115 cm³/mol. The van der Waals surface area contributed by atoms with Gasteiger partial charge in [-0.15, -0.1) is 0 Å². The molecule has 1 aromatic rings. The topological polar surface area (TPSA) is 84.9 Å². The van der Waals surface area contributed by atoms with E-state index in [2.05, 4.69) is 5.32 Å². The molecule has 0 unspecified atom stereocenters. The van der Waals surface area contributed by atoms with Crippen LogP contribution in [0.1, 0.15) is 52.4 Å². The van der Waals surface area contributed by atoms with E-state index in [0.29, 0.717) is 37.1 Å². The van der Waals surface area contributed by atoms with E-state index in [1.54, 1.807) is 24.3 Å². The van der Waals surface area contributed by atoms with E-state index >= 15 is 0 Å². The second-order valence-corrected chi connectivity index (χ2v) is 9.67. The summed E-state index contributed by atoms with van der Waals surface area (Å²) in [7, 11) is -3.59. The number of anilines is 1. The molecule has 0 aromatic heterocycles. The van der Waals surface area contributed by atoms with E-state index in [4.69, 9.17) is 9.47 Å². The van der Waals surface area contributed by atoms with Crippen molar-refractivity contribution < 1.29 is 22.7 Å². The number of hydrogen-bond acceptors (Lipinski definition) is 5. The molecule has 1 aliphatic rings. The molecule has 1 saturated carbocycles. The fraction of sp³-hybridized carbons (Fsp3) is 0.667. The lowest BCUT2D eigenvalue weighted by molar-refractivity contribution is -0.119. The number of rotatable bonds is 11. The van der Waals surface area contributed by atoms with Crippen molar-refractivity contribution in [3.8, 4) is 5.75 Å². The number of carbonyl (C=O) groups excluding carboxylic acids is 1. The van der Waals surface area contributed by atoms with Gasteiger partial charge in [-0.2, -0.15) is 0 Å². The second kappa shape index (κ2) is 11.4. The SMILES string of the molecule is CC(C)Oc1ccc(N(CC(=O)NCCCOC2CCCCC2)S(C)(=O)=O)cc1. The van der Waals surface area contributed by atoms with Gasteiger partial charge in [0.25, 0.3) is 0 Å². The zero-order chi connectivity index (χ0) is 21.3. The number of nitrogens with one attached hydrogen (secondary N) is 1. The minimum atomic E-state index is -3.59. The number of sulfonamides is 1. The van der Waals surface area contributed by atoms with Crippen LogP contribution in [0.15, 0.2) is 24.3 Å². The first-order valence-electron chi connectivity index (χ1n) is 10.4. The molecule has 8 heteroatoms. The van der Waals surface area contributed by atoms with Gasteiger partial charge in [0.1, 0.15) is 12.3 Å². The highest BCUT2D eigenvalue weighted by Gasteiger charge is 2.21. The molecule has 0 spiro atoms. The molecule has 7 nitrogen and oxygen atoms in total. The van der Waals surface area contributed by atoms with Crippen LogP contribution in [0.25, 0.3) is 0 Å². The van der Waals surface area contributed by atoms with Crippen LogP contribution < -0.4 is 14.4 Å². The predicted octanol–water partition coefficient (Wildman–Crippen LogP) is 3.10. The molecule has 1 aromatic carbocycles. The van der Waals surface area contributed by atoms with Gasteiger partial charge in [0.05, 0.1) is 24.2 Å². The largest absolute Gasteiger partial charge is 0.491 e. The summed E-state index contributed by atoms with van der Waals surface area (Å²) in [6, 6.07) is 6.69. The van der Waals surface area contributed by atoms with Crippen molar-refractivity contribution in [1.29, 1.82) is 0 Å². The zero-order valence-corrected chi connectivity index (χ0v) is 18.5. The summed E-state index contributed by atoms with van der Waals surface area (Å²) in [5.74, 6) is 0.315. The molecular weight excluding hydrogens is 392 g/mol. The van der Waals surface area contributed by atoms with E-state index in [1.807, 2.05) is 13.8 Å². The van der Waals surface area contributed by atoms with E-state index in [9.17, 15) is 13.2 Å². The number of benzene rings is 1. The maximum Gasteiger partial charge on any atom is 0.240 e. The Balaban J connectivity index is 1.80. The highest BCUT2D eigenvalue weighted by molar-refractivity contribution is 7.92. The van der Waals surface area contributed by atoms with E-state index in [1.165, 1.54) is 19.3 Å². The highest BCUT2D eigenvalue weighted by atomic mass is 32.2. The van der Waals surface area contributed by atoms with Crippen LogP contribution in [-0.2, 0) is 19.6 Å². The zero-order valence-electron chi connectivity index (χ0n) is 17.7. The monoisotopic (exact) mass is 426 g/mol. The van der Waals surface area contributed by atoms with Crippen LogP contribution in [0.2, 0.25) is 0 Å². The van der Waals surface area contributed by atoms with Crippen molar-refractivity contribution in [3.63, 3.8) is 0 Å². The fourth-order valence-corrected chi connectivity index (χ4v) is 4.19. The first kappa shape index (κ1) is 23.5. The van der Waals surface area contributed by atoms with E-state index in [-0.39, 0.29) is 18.6 Å². The summed E-state index contributed by atoms with van der Waals surface area (Å²) in [5, 5.41) is 2.78. The van der Waals surface area contributed by atoms with Crippen molar-refractivity contribution in [2.45, 2.75) is 64.6 Å². The Morgan fingerprint density at radius 2 is 1.83 bits per heavy atom. The lowest BCUT2D eigenvalue weighted by Gasteiger charge is -2.23. The lowest BCUT2D eigenvalue weighted by Crippen LogP contribution is -2.40. The Labute approximate surface area is 174 Å². The molecule has 164 valence electrons. The minimum Gasteiger partial charge on any atom is -0.491 e. The van der Waals surface area contributed by atoms with Gasteiger partial charge in [-0.1, -0.05) is 19.3 Å². The van der Waals surface area contributed by atoms with Crippen molar-refractivity contribution in [3.05, 3.63) is 24.3 Å². The maximum atomic E-state index is 12.3. The van der Waals surface area contributed by atoms with Crippen molar-refractivity contribution in [2.24, 2.45) is 0 Å². The molecule has 0 radical (unpaired) electrons. The normalized spacial score (nSPS) is 15.3. The summed E-state index contributed by atoms with van der Waals surface area (Å²) in [5.41, 5.74) is 0.430. The Morgan fingerprint density at radius 3 is 2.41 bits per heavy atom. The molecule has 0 atom stereocenters. The van der Waals surface area contributed by atoms with Crippen molar-refractivity contribution >= 4 is 21.6 Å². The third-order valence-corrected chi connectivity index (χ3v) is 5.87. The molecule has 0 heterocycles. The average Bonchev–Trinajstić information content (AvgIpc) is 2.66. The van der Waals surface area contributed by atoms with Crippen molar-refractivity contribution in [1.82, 2.24) is 5.32 Å². The molecule has 1 aliphatic carbocycles.